The standard InChI is InChI=1S/C17H20N4O.C10H14N2O/c1-20(13-6-4-3-5-7-13)15-10-16(22)21(2)14-9-8-12(11-18)19-17(14)15;1-10(2,3)13-12-8-9-6-4-5-7-11-9/h8-10,13H,3-7H2,1-2H3;4-8H,1-3H3/b;12-8+. The number of hydrogen-bond donors (Lipinski definition) is 0. The van der Waals surface area contributed by atoms with Gasteiger partial charge in [0.25, 0.3) is 5.56 Å². The van der Waals surface area contributed by atoms with E-state index in [0.717, 1.165) is 35.3 Å². The molecule has 184 valence electrons. The first kappa shape index (κ1) is 25.9. The third-order valence-corrected chi connectivity index (χ3v) is 5.88. The van der Waals surface area contributed by atoms with Gasteiger partial charge < -0.3 is 14.3 Å². The molecule has 35 heavy (non-hydrogen) atoms. The van der Waals surface area contributed by atoms with Gasteiger partial charge in [-0.2, -0.15) is 5.26 Å². The molecule has 3 aromatic rings. The predicted octanol–water partition coefficient (Wildman–Crippen LogP) is 4.80. The number of nitrogens with zero attached hydrogens (tertiary/aromatic N) is 6. The summed E-state index contributed by atoms with van der Waals surface area (Å²) in [6.07, 6.45) is 9.36. The van der Waals surface area contributed by atoms with Crippen molar-refractivity contribution in [2.75, 3.05) is 11.9 Å². The summed E-state index contributed by atoms with van der Waals surface area (Å²) in [7, 11) is 3.77. The van der Waals surface area contributed by atoms with E-state index in [9.17, 15) is 4.79 Å². The molecule has 3 heterocycles. The zero-order valence-corrected chi connectivity index (χ0v) is 21.2. The van der Waals surface area contributed by atoms with Crippen LogP contribution in [0.15, 0.2) is 52.5 Å². The number of aromatic nitrogens is 3. The molecule has 3 aromatic heterocycles. The number of pyridine rings is 3. The normalized spacial score (nSPS) is 14.3. The Kier molecular flexibility index (Phi) is 8.58. The van der Waals surface area contributed by atoms with E-state index < -0.39 is 0 Å². The summed E-state index contributed by atoms with van der Waals surface area (Å²) in [6.45, 7) is 5.84. The molecule has 0 amide bonds. The fourth-order valence-corrected chi connectivity index (χ4v) is 4.00. The number of anilines is 1. The number of rotatable bonds is 4. The van der Waals surface area contributed by atoms with Gasteiger partial charge in [0.1, 0.15) is 22.9 Å². The molecular formula is C27H34N6O2. The monoisotopic (exact) mass is 474 g/mol. The van der Waals surface area contributed by atoms with Gasteiger partial charge in [-0.1, -0.05) is 30.5 Å². The van der Waals surface area contributed by atoms with E-state index in [1.807, 2.05) is 46.0 Å². The van der Waals surface area contributed by atoms with E-state index in [2.05, 4.69) is 26.1 Å². The Hall–Kier alpha value is -3.73. The lowest BCUT2D eigenvalue weighted by molar-refractivity contribution is 0.00196. The van der Waals surface area contributed by atoms with E-state index in [0.29, 0.717) is 11.7 Å². The number of oxime groups is 1. The Morgan fingerprint density at radius 2 is 1.94 bits per heavy atom. The maximum absolute atomic E-state index is 12.2. The van der Waals surface area contributed by atoms with E-state index in [-0.39, 0.29) is 11.2 Å². The van der Waals surface area contributed by atoms with Gasteiger partial charge in [0.15, 0.2) is 0 Å². The molecule has 0 atom stereocenters. The SMILES string of the molecule is CC(C)(C)O/N=C/c1ccccn1.CN(c1cc(=O)n(C)c2ccc(C#N)nc12)C1CCCCC1. The molecule has 8 heteroatoms. The predicted molar refractivity (Wildman–Crippen MR) is 140 cm³/mol. The fourth-order valence-electron chi connectivity index (χ4n) is 4.00. The fraction of sp³-hybridized carbons (Fsp3) is 0.444. The smallest absolute Gasteiger partial charge is 0.252 e. The summed E-state index contributed by atoms with van der Waals surface area (Å²) in [5.74, 6) is 0. The first-order valence-electron chi connectivity index (χ1n) is 12.0. The molecule has 0 radical (unpaired) electrons. The van der Waals surface area contributed by atoms with Gasteiger partial charge in [-0.05, 0) is 57.9 Å². The van der Waals surface area contributed by atoms with Crippen molar-refractivity contribution in [3.05, 3.63) is 64.3 Å². The molecule has 4 rings (SSSR count). The molecule has 0 unspecified atom stereocenters. The number of fused-ring (bicyclic) bond motifs is 1. The van der Waals surface area contributed by atoms with Crippen LogP contribution < -0.4 is 10.5 Å². The minimum Gasteiger partial charge on any atom is -0.390 e. The van der Waals surface area contributed by atoms with Crippen molar-refractivity contribution in [2.45, 2.75) is 64.5 Å². The lowest BCUT2D eigenvalue weighted by Crippen LogP contribution is -2.34. The van der Waals surface area contributed by atoms with Gasteiger partial charge in [0.2, 0.25) is 0 Å². The minimum atomic E-state index is -0.245. The molecule has 1 aliphatic carbocycles. The van der Waals surface area contributed by atoms with Gasteiger partial charge in [-0.3, -0.25) is 9.78 Å². The Morgan fingerprint density at radius 1 is 1.20 bits per heavy atom. The summed E-state index contributed by atoms with van der Waals surface area (Å²) in [6, 6.07) is 13.3. The third-order valence-electron chi connectivity index (χ3n) is 5.88. The molecule has 1 aliphatic rings. The highest BCUT2D eigenvalue weighted by molar-refractivity contribution is 5.88. The molecule has 0 aromatic carbocycles. The zero-order chi connectivity index (χ0) is 25.4. The van der Waals surface area contributed by atoms with E-state index >= 15 is 0 Å². The second-order valence-electron chi connectivity index (χ2n) is 9.70. The quantitative estimate of drug-likeness (QED) is 0.398. The van der Waals surface area contributed by atoms with Crippen LogP contribution in [0.5, 0.6) is 0 Å². The van der Waals surface area contributed by atoms with Crippen LogP contribution in [-0.4, -0.2) is 39.4 Å². The molecular weight excluding hydrogens is 440 g/mol. The second kappa shape index (κ2) is 11.6. The third kappa shape index (κ3) is 7.12. The van der Waals surface area contributed by atoms with Crippen LogP contribution in [0.4, 0.5) is 5.69 Å². The van der Waals surface area contributed by atoms with Crippen LogP contribution in [0.2, 0.25) is 0 Å². The van der Waals surface area contributed by atoms with Gasteiger partial charge >= 0.3 is 0 Å². The van der Waals surface area contributed by atoms with Gasteiger partial charge in [-0.15, -0.1) is 0 Å². The molecule has 0 N–H and O–H groups in total. The summed E-state index contributed by atoms with van der Waals surface area (Å²) in [4.78, 5) is 28.1. The molecule has 0 bridgehead atoms. The Labute approximate surface area is 206 Å². The number of nitriles is 1. The van der Waals surface area contributed by atoms with E-state index in [1.54, 1.807) is 42.2 Å². The summed E-state index contributed by atoms with van der Waals surface area (Å²) in [5, 5.41) is 12.9. The molecule has 0 aliphatic heterocycles. The second-order valence-corrected chi connectivity index (χ2v) is 9.70. The summed E-state index contributed by atoms with van der Waals surface area (Å²) in [5.41, 5.74) is 3.22. The van der Waals surface area contributed by atoms with Gasteiger partial charge in [0, 0.05) is 32.4 Å². The van der Waals surface area contributed by atoms with Crippen LogP contribution in [0, 0.1) is 11.3 Å². The Balaban J connectivity index is 0.000000225. The summed E-state index contributed by atoms with van der Waals surface area (Å²) >= 11 is 0. The van der Waals surface area contributed by atoms with Crippen LogP contribution >= 0.6 is 0 Å². The van der Waals surface area contributed by atoms with Crippen molar-refractivity contribution in [2.24, 2.45) is 12.2 Å². The highest BCUT2D eigenvalue weighted by atomic mass is 16.6. The minimum absolute atomic E-state index is 0.0448. The Bertz CT molecular complexity index is 1250. The van der Waals surface area contributed by atoms with Crippen LogP contribution in [-0.2, 0) is 11.9 Å². The van der Waals surface area contributed by atoms with Crippen molar-refractivity contribution in [1.82, 2.24) is 14.5 Å². The first-order chi connectivity index (χ1) is 16.7. The molecule has 8 nitrogen and oxygen atoms in total. The molecule has 0 spiro atoms. The number of aryl methyl sites for hydroxylation is 1. The van der Waals surface area contributed by atoms with Gasteiger partial charge in [-0.25, -0.2) is 4.98 Å². The highest BCUT2D eigenvalue weighted by Crippen LogP contribution is 2.29. The molecule has 1 fully saturated rings. The zero-order valence-electron chi connectivity index (χ0n) is 21.2. The van der Waals surface area contributed by atoms with Crippen LogP contribution in [0.25, 0.3) is 11.0 Å². The van der Waals surface area contributed by atoms with Gasteiger partial charge in [0.05, 0.1) is 23.1 Å². The summed E-state index contributed by atoms with van der Waals surface area (Å²) < 4.78 is 1.59. The van der Waals surface area contributed by atoms with Crippen molar-refractivity contribution in [1.29, 1.82) is 5.26 Å². The molecule has 0 saturated heterocycles. The lowest BCUT2D eigenvalue weighted by atomic mass is 9.94. The molecule has 1 saturated carbocycles. The van der Waals surface area contributed by atoms with Crippen molar-refractivity contribution < 1.29 is 4.84 Å². The van der Waals surface area contributed by atoms with Crippen LogP contribution in [0.3, 0.4) is 0 Å². The maximum atomic E-state index is 12.2. The maximum Gasteiger partial charge on any atom is 0.252 e. The van der Waals surface area contributed by atoms with Crippen molar-refractivity contribution in [3.63, 3.8) is 0 Å². The first-order valence-corrected chi connectivity index (χ1v) is 12.0. The Morgan fingerprint density at radius 3 is 2.57 bits per heavy atom. The van der Waals surface area contributed by atoms with Crippen molar-refractivity contribution in [3.8, 4) is 6.07 Å². The largest absolute Gasteiger partial charge is 0.390 e. The average molecular weight is 475 g/mol. The highest BCUT2D eigenvalue weighted by Gasteiger charge is 2.21. The average Bonchev–Trinajstić information content (AvgIpc) is 2.86. The number of hydrogen-bond acceptors (Lipinski definition) is 7. The lowest BCUT2D eigenvalue weighted by Gasteiger charge is -2.33. The topological polar surface area (TPSA) is 96.4 Å². The van der Waals surface area contributed by atoms with Crippen molar-refractivity contribution >= 4 is 22.9 Å². The van der Waals surface area contributed by atoms with E-state index in [1.165, 1.54) is 19.3 Å². The van der Waals surface area contributed by atoms with Crippen LogP contribution in [0.1, 0.15) is 64.3 Å². The van der Waals surface area contributed by atoms with E-state index in [4.69, 9.17) is 10.1 Å².